The number of nitrogens with zero attached hydrogens (tertiary/aromatic N) is 1. The first-order valence-corrected chi connectivity index (χ1v) is 7.31. The highest BCUT2D eigenvalue weighted by molar-refractivity contribution is 7.09. The van der Waals surface area contributed by atoms with Crippen LogP contribution in [0.3, 0.4) is 0 Å². The maximum atomic E-state index is 5.70. The molecule has 2 N–H and O–H groups in total. The van der Waals surface area contributed by atoms with Crippen LogP contribution in [0.5, 0.6) is 5.75 Å². The van der Waals surface area contributed by atoms with E-state index in [4.69, 9.17) is 10.5 Å². The fourth-order valence-corrected chi connectivity index (χ4v) is 2.49. The lowest BCUT2D eigenvalue weighted by Crippen LogP contribution is -2.26. The van der Waals surface area contributed by atoms with Crippen LogP contribution in [-0.4, -0.2) is 31.6 Å². The molecule has 102 valence electrons. The van der Waals surface area contributed by atoms with E-state index in [-0.39, 0.29) is 0 Å². The Morgan fingerprint density at radius 1 is 1.21 bits per heavy atom. The highest BCUT2D eigenvalue weighted by Gasteiger charge is 2.01. The molecule has 0 aliphatic carbocycles. The predicted octanol–water partition coefficient (Wildman–Crippen LogP) is 2.88. The molecule has 4 heteroatoms. The molecule has 2 aromatic rings. The van der Waals surface area contributed by atoms with E-state index in [2.05, 4.69) is 29.5 Å². The lowest BCUT2D eigenvalue weighted by Gasteiger charge is -2.16. The van der Waals surface area contributed by atoms with E-state index in [1.54, 1.807) is 0 Å². The van der Waals surface area contributed by atoms with Crippen molar-refractivity contribution in [2.24, 2.45) is 0 Å². The summed E-state index contributed by atoms with van der Waals surface area (Å²) in [5.41, 5.74) is 6.44. The first kappa shape index (κ1) is 13.9. The fraction of sp³-hybridized carbons (Fsp3) is 0.333. The monoisotopic (exact) mass is 276 g/mol. The number of benzene rings is 1. The molecule has 2 rings (SSSR count). The number of thiophene rings is 1. The summed E-state index contributed by atoms with van der Waals surface area (Å²) in [6.07, 6.45) is 1.10. The second-order valence-electron chi connectivity index (χ2n) is 4.55. The minimum Gasteiger partial charge on any atom is -0.492 e. The third-order valence-electron chi connectivity index (χ3n) is 2.92. The number of nitrogens with two attached hydrogens (primary N) is 1. The topological polar surface area (TPSA) is 38.5 Å². The van der Waals surface area contributed by atoms with Crippen LogP contribution in [0, 0.1) is 0 Å². The van der Waals surface area contributed by atoms with Gasteiger partial charge in [0.05, 0.1) is 0 Å². The summed E-state index contributed by atoms with van der Waals surface area (Å²) >= 11 is 1.82. The van der Waals surface area contributed by atoms with E-state index >= 15 is 0 Å². The molecule has 0 atom stereocenters. The Morgan fingerprint density at radius 2 is 2.11 bits per heavy atom. The largest absolute Gasteiger partial charge is 0.492 e. The molecule has 19 heavy (non-hydrogen) atoms. The summed E-state index contributed by atoms with van der Waals surface area (Å²) in [5, 5.41) is 2.12. The van der Waals surface area contributed by atoms with Gasteiger partial charge in [0.1, 0.15) is 12.4 Å². The average Bonchev–Trinajstić information content (AvgIpc) is 2.89. The van der Waals surface area contributed by atoms with Crippen LogP contribution in [0.15, 0.2) is 41.8 Å². The Bertz CT molecular complexity index is 485. The van der Waals surface area contributed by atoms with Gasteiger partial charge in [0, 0.05) is 29.7 Å². The van der Waals surface area contributed by atoms with E-state index in [9.17, 15) is 0 Å². The number of rotatable bonds is 7. The van der Waals surface area contributed by atoms with E-state index < -0.39 is 0 Å². The van der Waals surface area contributed by atoms with Crippen molar-refractivity contribution in [3.8, 4) is 5.75 Å². The number of nitrogen functional groups attached to an aromatic ring is 1. The summed E-state index contributed by atoms with van der Waals surface area (Å²) in [5.74, 6) is 0.839. The van der Waals surface area contributed by atoms with Gasteiger partial charge in [-0.3, -0.25) is 0 Å². The van der Waals surface area contributed by atoms with Crippen LogP contribution in [0.25, 0.3) is 0 Å². The average molecular weight is 276 g/mol. The van der Waals surface area contributed by atoms with Gasteiger partial charge in [-0.25, -0.2) is 0 Å². The molecule has 0 saturated carbocycles. The quantitative estimate of drug-likeness (QED) is 0.790. The Hall–Kier alpha value is -1.52. The smallest absolute Gasteiger partial charge is 0.121 e. The maximum Gasteiger partial charge on any atom is 0.121 e. The molecule has 1 aromatic carbocycles. The van der Waals surface area contributed by atoms with Gasteiger partial charge < -0.3 is 15.4 Å². The minimum atomic E-state index is 0.685. The van der Waals surface area contributed by atoms with E-state index in [1.165, 1.54) is 4.88 Å². The molecule has 1 aromatic heterocycles. The van der Waals surface area contributed by atoms with E-state index in [0.29, 0.717) is 6.61 Å². The SMILES string of the molecule is CN(CCOc1cccc(N)c1)CCc1cccs1. The molecule has 0 unspecified atom stereocenters. The summed E-state index contributed by atoms with van der Waals surface area (Å²) in [4.78, 5) is 3.72. The van der Waals surface area contributed by atoms with Crippen LogP contribution in [0.2, 0.25) is 0 Å². The zero-order valence-electron chi connectivity index (χ0n) is 11.2. The second-order valence-corrected chi connectivity index (χ2v) is 5.59. The number of ether oxygens (including phenoxy) is 1. The maximum absolute atomic E-state index is 5.70. The summed E-state index contributed by atoms with van der Waals surface area (Å²) in [6, 6.07) is 11.8. The third-order valence-corrected chi connectivity index (χ3v) is 3.86. The molecule has 0 saturated heterocycles. The van der Waals surface area contributed by atoms with Crippen molar-refractivity contribution in [2.75, 3.05) is 32.5 Å². The van der Waals surface area contributed by atoms with Gasteiger partial charge in [-0.15, -0.1) is 11.3 Å². The highest BCUT2D eigenvalue weighted by atomic mass is 32.1. The predicted molar refractivity (Wildman–Crippen MR) is 81.9 cm³/mol. The zero-order chi connectivity index (χ0) is 13.5. The lowest BCUT2D eigenvalue weighted by atomic mass is 10.3. The van der Waals surface area contributed by atoms with Gasteiger partial charge in [0.2, 0.25) is 0 Å². The minimum absolute atomic E-state index is 0.685. The van der Waals surface area contributed by atoms with E-state index in [0.717, 1.165) is 30.9 Å². The second kappa shape index (κ2) is 7.16. The number of anilines is 1. The summed E-state index contributed by atoms with van der Waals surface area (Å²) in [7, 11) is 2.12. The summed E-state index contributed by atoms with van der Waals surface area (Å²) < 4.78 is 5.68. The van der Waals surface area contributed by atoms with Crippen molar-refractivity contribution < 1.29 is 4.74 Å². The normalized spacial score (nSPS) is 10.8. The molecule has 1 heterocycles. The third kappa shape index (κ3) is 4.93. The summed E-state index contributed by atoms with van der Waals surface area (Å²) in [6.45, 7) is 2.66. The molecule has 0 aliphatic rings. The molecule has 0 bridgehead atoms. The van der Waals surface area contributed by atoms with Gasteiger partial charge in [-0.05, 0) is 37.0 Å². The van der Waals surface area contributed by atoms with Crippen LogP contribution >= 0.6 is 11.3 Å². The highest BCUT2D eigenvalue weighted by Crippen LogP contribution is 2.14. The fourth-order valence-electron chi connectivity index (χ4n) is 1.79. The Morgan fingerprint density at radius 3 is 2.84 bits per heavy atom. The van der Waals surface area contributed by atoms with Gasteiger partial charge in [0.15, 0.2) is 0 Å². The first-order valence-electron chi connectivity index (χ1n) is 6.43. The van der Waals surface area contributed by atoms with Gasteiger partial charge in [0.25, 0.3) is 0 Å². The van der Waals surface area contributed by atoms with Crippen LogP contribution in [-0.2, 0) is 6.42 Å². The molecule has 0 aliphatic heterocycles. The number of likely N-dealkylation sites (N-methyl/N-ethyl adjacent to an activating group) is 1. The van der Waals surface area contributed by atoms with Crippen molar-refractivity contribution in [3.63, 3.8) is 0 Å². The van der Waals surface area contributed by atoms with Crippen molar-refractivity contribution in [1.82, 2.24) is 4.90 Å². The first-order chi connectivity index (χ1) is 9.24. The van der Waals surface area contributed by atoms with Crippen LogP contribution in [0.4, 0.5) is 5.69 Å². The van der Waals surface area contributed by atoms with Crippen LogP contribution in [0.1, 0.15) is 4.88 Å². The van der Waals surface area contributed by atoms with Crippen molar-refractivity contribution >= 4 is 17.0 Å². The Balaban J connectivity index is 1.65. The van der Waals surface area contributed by atoms with Gasteiger partial charge >= 0.3 is 0 Å². The van der Waals surface area contributed by atoms with Crippen molar-refractivity contribution in [1.29, 1.82) is 0 Å². The van der Waals surface area contributed by atoms with Crippen molar-refractivity contribution in [3.05, 3.63) is 46.7 Å². The number of hydrogen-bond donors (Lipinski definition) is 1. The molecule has 3 nitrogen and oxygen atoms in total. The van der Waals surface area contributed by atoms with E-state index in [1.807, 2.05) is 35.6 Å². The van der Waals surface area contributed by atoms with Crippen LogP contribution < -0.4 is 10.5 Å². The molecular weight excluding hydrogens is 256 g/mol. The standard InChI is InChI=1S/C15H20N2OS/c1-17(8-7-15-6-3-11-19-15)9-10-18-14-5-2-4-13(16)12-14/h2-6,11-12H,7-10,16H2,1H3. The van der Waals surface area contributed by atoms with Crippen molar-refractivity contribution in [2.45, 2.75) is 6.42 Å². The molecule has 0 amide bonds. The molecular formula is C15H20N2OS. The van der Waals surface area contributed by atoms with Gasteiger partial charge in [-0.1, -0.05) is 12.1 Å². The Labute approximate surface area is 118 Å². The Kier molecular flexibility index (Phi) is 5.24. The molecule has 0 fully saturated rings. The zero-order valence-corrected chi connectivity index (χ0v) is 12.0. The van der Waals surface area contributed by atoms with Gasteiger partial charge in [-0.2, -0.15) is 0 Å². The lowest BCUT2D eigenvalue weighted by molar-refractivity contribution is 0.239. The number of hydrogen-bond acceptors (Lipinski definition) is 4. The molecule has 0 radical (unpaired) electrons. The molecule has 0 spiro atoms.